The molecule has 1 aromatic rings. The van der Waals surface area contributed by atoms with Gasteiger partial charge in [0.15, 0.2) is 0 Å². The van der Waals surface area contributed by atoms with Gasteiger partial charge in [0, 0.05) is 18.4 Å². The van der Waals surface area contributed by atoms with Gasteiger partial charge in [-0.2, -0.15) is 13.2 Å². The molecule has 0 aliphatic carbocycles. The molecule has 0 aliphatic rings. The van der Waals surface area contributed by atoms with Gasteiger partial charge in [0.1, 0.15) is 0 Å². The summed E-state index contributed by atoms with van der Waals surface area (Å²) in [5, 5.41) is 0.536. The molecule has 18 heavy (non-hydrogen) atoms. The third kappa shape index (κ3) is 4.98. The zero-order chi connectivity index (χ0) is 13.8. The summed E-state index contributed by atoms with van der Waals surface area (Å²) in [7, 11) is 0. The van der Waals surface area contributed by atoms with Crippen molar-refractivity contribution in [1.82, 2.24) is 4.90 Å². The van der Waals surface area contributed by atoms with Crippen LogP contribution in [0, 0.1) is 13.8 Å². The maximum atomic E-state index is 12.5. The monoisotopic (exact) mass is 323 g/mol. The second kappa shape index (κ2) is 6.57. The van der Waals surface area contributed by atoms with Crippen LogP contribution in [0.5, 0.6) is 0 Å². The predicted octanol–water partition coefficient (Wildman–Crippen LogP) is 4.06. The Bertz CT molecular complexity index is 370. The first-order valence-corrected chi connectivity index (χ1v) is 6.86. The Morgan fingerprint density at radius 2 is 1.72 bits per heavy atom. The normalized spacial score (nSPS) is 12.2. The van der Waals surface area contributed by atoms with Crippen LogP contribution < -0.4 is 0 Å². The van der Waals surface area contributed by atoms with E-state index in [-0.39, 0.29) is 0 Å². The molecule has 0 radical (unpaired) electrons. The van der Waals surface area contributed by atoms with Gasteiger partial charge in [-0.15, -0.1) is 0 Å². The van der Waals surface area contributed by atoms with Crippen LogP contribution in [0.3, 0.4) is 0 Å². The Morgan fingerprint density at radius 3 is 2.17 bits per heavy atom. The van der Waals surface area contributed by atoms with E-state index < -0.39 is 12.7 Å². The molecule has 0 aromatic heterocycles. The van der Waals surface area contributed by atoms with E-state index in [1.54, 1.807) is 0 Å². The van der Waals surface area contributed by atoms with Gasteiger partial charge >= 0.3 is 6.18 Å². The molecule has 1 rings (SSSR count). The minimum atomic E-state index is -4.15. The van der Waals surface area contributed by atoms with E-state index in [0.717, 1.165) is 16.7 Å². The summed E-state index contributed by atoms with van der Waals surface area (Å²) in [6, 6.07) is 5.79. The Balaban J connectivity index is 2.83. The number of aryl methyl sites for hydroxylation is 2. The third-order valence-electron chi connectivity index (χ3n) is 2.83. The molecule has 0 atom stereocenters. The number of hydrogen-bond acceptors (Lipinski definition) is 1. The van der Waals surface area contributed by atoms with Crippen LogP contribution in [-0.2, 0) is 6.54 Å². The van der Waals surface area contributed by atoms with Crippen molar-refractivity contribution in [2.45, 2.75) is 26.6 Å². The lowest BCUT2D eigenvalue weighted by Gasteiger charge is -2.24. The third-order valence-corrected chi connectivity index (χ3v) is 3.18. The lowest BCUT2D eigenvalue weighted by Crippen LogP contribution is -2.35. The van der Waals surface area contributed by atoms with Crippen LogP contribution in [0.1, 0.15) is 16.7 Å². The highest BCUT2D eigenvalue weighted by Gasteiger charge is 2.30. The maximum absolute atomic E-state index is 12.5. The Kier molecular flexibility index (Phi) is 5.66. The Labute approximate surface area is 114 Å². The average molecular weight is 324 g/mol. The quantitative estimate of drug-likeness (QED) is 0.738. The molecule has 5 heteroatoms. The van der Waals surface area contributed by atoms with E-state index in [9.17, 15) is 13.2 Å². The number of benzene rings is 1. The van der Waals surface area contributed by atoms with Crippen molar-refractivity contribution in [2.24, 2.45) is 0 Å². The van der Waals surface area contributed by atoms with Gasteiger partial charge in [-0.25, -0.2) is 0 Å². The topological polar surface area (TPSA) is 3.24 Å². The van der Waals surface area contributed by atoms with Crippen molar-refractivity contribution < 1.29 is 13.2 Å². The molecule has 1 aromatic carbocycles. The lowest BCUT2D eigenvalue weighted by molar-refractivity contribution is -0.146. The first-order chi connectivity index (χ1) is 8.33. The zero-order valence-corrected chi connectivity index (χ0v) is 12.1. The SMILES string of the molecule is Cc1cccc(C)c1CN(CCBr)CC(F)(F)F. The Hall–Kier alpha value is -0.550. The molecule has 102 valence electrons. The van der Waals surface area contributed by atoms with E-state index in [2.05, 4.69) is 15.9 Å². The smallest absolute Gasteiger partial charge is 0.290 e. The number of rotatable bonds is 5. The van der Waals surface area contributed by atoms with E-state index in [1.165, 1.54) is 4.90 Å². The molecule has 0 heterocycles. The molecule has 0 aliphatic heterocycles. The highest BCUT2D eigenvalue weighted by atomic mass is 79.9. The largest absolute Gasteiger partial charge is 0.401 e. The van der Waals surface area contributed by atoms with E-state index in [0.29, 0.717) is 18.4 Å². The maximum Gasteiger partial charge on any atom is 0.401 e. The summed E-state index contributed by atoms with van der Waals surface area (Å²) in [6.07, 6.45) is -4.15. The van der Waals surface area contributed by atoms with E-state index in [1.807, 2.05) is 32.0 Å². The van der Waals surface area contributed by atoms with Gasteiger partial charge < -0.3 is 0 Å². The van der Waals surface area contributed by atoms with Gasteiger partial charge in [0.2, 0.25) is 0 Å². The molecule has 0 bridgehead atoms. The van der Waals surface area contributed by atoms with Crippen molar-refractivity contribution in [3.63, 3.8) is 0 Å². The van der Waals surface area contributed by atoms with E-state index >= 15 is 0 Å². The zero-order valence-electron chi connectivity index (χ0n) is 10.5. The second-order valence-electron chi connectivity index (χ2n) is 4.39. The fourth-order valence-corrected chi connectivity index (χ4v) is 2.41. The summed E-state index contributed by atoms with van der Waals surface area (Å²) in [5.74, 6) is 0. The van der Waals surface area contributed by atoms with Gasteiger partial charge in [0.05, 0.1) is 6.54 Å². The Morgan fingerprint density at radius 1 is 1.17 bits per heavy atom. The van der Waals surface area contributed by atoms with Gasteiger partial charge in [-0.1, -0.05) is 34.1 Å². The summed E-state index contributed by atoms with van der Waals surface area (Å²) in [5.41, 5.74) is 3.07. The minimum Gasteiger partial charge on any atom is -0.290 e. The van der Waals surface area contributed by atoms with Crippen molar-refractivity contribution >= 4 is 15.9 Å². The standard InChI is InChI=1S/C13H17BrF3N/c1-10-4-3-5-11(2)12(10)8-18(7-6-14)9-13(15,16)17/h3-5H,6-9H2,1-2H3. The molecular formula is C13H17BrF3N. The van der Waals surface area contributed by atoms with Crippen molar-refractivity contribution in [3.8, 4) is 0 Å². The summed E-state index contributed by atoms with van der Waals surface area (Å²) in [6.45, 7) is 3.72. The number of hydrogen-bond donors (Lipinski definition) is 0. The molecule has 0 N–H and O–H groups in total. The van der Waals surface area contributed by atoms with Gasteiger partial charge in [0.25, 0.3) is 0 Å². The van der Waals surface area contributed by atoms with Gasteiger partial charge in [-0.3, -0.25) is 4.90 Å². The van der Waals surface area contributed by atoms with Crippen LogP contribution in [-0.4, -0.2) is 29.5 Å². The molecular weight excluding hydrogens is 307 g/mol. The van der Waals surface area contributed by atoms with Crippen molar-refractivity contribution in [2.75, 3.05) is 18.4 Å². The fourth-order valence-electron chi connectivity index (χ4n) is 1.91. The van der Waals surface area contributed by atoms with E-state index in [4.69, 9.17) is 0 Å². The second-order valence-corrected chi connectivity index (χ2v) is 5.18. The highest BCUT2D eigenvalue weighted by molar-refractivity contribution is 9.09. The first-order valence-electron chi connectivity index (χ1n) is 5.73. The fraction of sp³-hybridized carbons (Fsp3) is 0.538. The molecule has 0 spiro atoms. The van der Waals surface area contributed by atoms with Crippen molar-refractivity contribution in [3.05, 3.63) is 34.9 Å². The van der Waals surface area contributed by atoms with Crippen LogP contribution in [0.15, 0.2) is 18.2 Å². The first kappa shape index (κ1) is 15.5. The molecule has 0 saturated carbocycles. The molecule has 0 unspecified atom stereocenters. The molecule has 1 nitrogen and oxygen atoms in total. The number of alkyl halides is 4. The van der Waals surface area contributed by atoms with Crippen molar-refractivity contribution in [1.29, 1.82) is 0 Å². The van der Waals surface area contributed by atoms with Crippen LogP contribution in [0.2, 0.25) is 0 Å². The minimum absolute atomic E-state index is 0.337. The molecule has 0 saturated heterocycles. The highest BCUT2D eigenvalue weighted by Crippen LogP contribution is 2.21. The van der Waals surface area contributed by atoms with Crippen LogP contribution in [0.4, 0.5) is 13.2 Å². The summed E-state index contributed by atoms with van der Waals surface area (Å²) >= 11 is 3.20. The molecule has 0 amide bonds. The summed E-state index contributed by atoms with van der Waals surface area (Å²) < 4.78 is 37.4. The summed E-state index contributed by atoms with van der Waals surface area (Å²) in [4.78, 5) is 1.42. The number of nitrogens with zero attached hydrogens (tertiary/aromatic N) is 1. The predicted molar refractivity (Wildman–Crippen MR) is 71.0 cm³/mol. The lowest BCUT2D eigenvalue weighted by atomic mass is 10.0. The average Bonchev–Trinajstić information content (AvgIpc) is 2.21. The van der Waals surface area contributed by atoms with Gasteiger partial charge in [-0.05, 0) is 30.5 Å². The van der Waals surface area contributed by atoms with Crippen LogP contribution >= 0.6 is 15.9 Å². The molecule has 0 fully saturated rings. The number of halogens is 4. The van der Waals surface area contributed by atoms with Crippen LogP contribution in [0.25, 0.3) is 0 Å².